The number of rotatable bonds is 2. The molecule has 0 aliphatic heterocycles. The predicted octanol–water partition coefficient (Wildman–Crippen LogP) is 2.56. The van der Waals surface area contributed by atoms with Crippen molar-refractivity contribution in [3.63, 3.8) is 0 Å². The summed E-state index contributed by atoms with van der Waals surface area (Å²) in [4.78, 5) is 0.825. The topological polar surface area (TPSA) is 69.1 Å². The molecule has 3 aromatic rings. The molecule has 2 heterocycles. The molecule has 0 radical (unpaired) electrons. The van der Waals surface area contributed by atoms with E-state index in [0.717, 1.165) is 27.0 Å². The van der Waals surface area contributed by atoms with Crippen LogP contribution < -0.4 is 5.73 Å². The molecule has 2 N–H and O–H groups in total. The molecule has 2 aromatic heterocycles. The fourth-order valence-electron chi connectivity index (χ4n) is 1.73. The summed E-state index contributed by atoms with van der Waals surface area (Å²) in [5.41, 5.74) is 7.48. The lowest BCUT2D eigenvalue weighted by atomic mass is 10.2. The van der Waals surface area contributed by atoms with Crippen molar-refractivity contribution in [2.45, 2.75) is 19.8 Å². The summed E-state index contributed by atoms with van der Waals surface area (Å²) in [6.07, 6.45) is 0. The molecule has 0 atom stereocenters. The number of hydrogen-bond acceptors (Lipinski definition) is 5. The van der Waals surface area contributed by atoms with Gasteiger partial charge in [-0.3, -0.25) is 0 Å². The van der Waals surface area contributed by atoms with E-state index in [-0.39, 0.29) is 0 Å². The zero-order valence-electron chi connectivity index (χ0n) is 10.2. The zero-order chi connectivity index (χ0) is 12.7. The first-order chi connectivity index (χ1) is 8.65. The lowest BCUT2D eigenvalue weighted by molar-refractivity contribution is 0.727. The van der Waals surface area contributed by atoms with Crippen LogP contribution in [0, 0.1) is 0 Å². The summed E-state index contributed by atoms with van der Waals surface area (Å²) in [6, 6.07) is 7.69. The minimum atomic E-state index is 0.307. The molecule has 0 unspecified atom stereocenters. The van der Waals surface area contributed by atoms with Crippen LogP contribution >= 0.6 is 11.3 Å². The largest absolute Gasteiger partial charge is 0.399 e. The Morgan fingerprint density at radius 3 is 2.56 bits per heavy atom. The molecular weight excluding hydrogens is 246 g/mol. The average molecular weight is 259 g/mol. The van der Waals surface area contributed by atoms with Gasteiger partial charge in [0.15, 0.2) is 5.82 Å². The third-order valence-corrected chi connectivity index (χ3v) is 3.64. The van der Waals surface area contributed by atoms with Crippen LogP contribution in [0.25, 0.3) is 15.5 Å². The van der Waals surface area contributed by atoms with E-state index in [9.17, 15) is 0 Å². The molecule has 0 aliphatic carbocycles. The summed E-state index contributed by atoms with van der Waals surface area (Å²) in [7, 11) is 0. The van der Waals surface area contributed by atoms with Crippen molar-refractivity contribution in [3.05, 3.63) is 30.1 Å². The molecule has 0 amide bonds. The Hall–Kier alpha value is -1.95. The first kappa shape index (κ1) is 11.2. The number of nitrogen functional groups attached to an aromatic ring is 1. The van der Waals surface area contributed by atoms with Crippen LogP contribution in [0.2, 0.25) is 0 Å². The maximum absolute atomic E-state index is 5.68. The molecule has 6 heteroatoms. The second kappa shape index (κ2) is 4.06. The van der Waals surface area contributed by atoms with Gasteiger partial charge in [0.05, 0.1) is 0 Å². The van der Waals surface area contributed by atoms with Gasteiger partial charge in [0.1, 0.15) is 5.01 Å². The van der Waals surface area contributed by atoms with E-state index in [0.29, 0.717) is 5.92 Å². The third kappa shape index (κ3) is 1.74. The maximum Gasteiger partial charge on any atom is 0.234 e. The molecule has 5 nitrogen and oxygen atoms in total. The maximum atomic E-state index is 5.68. The van der Waals surface area contributed by atoms with Crippen molar-refractivity contribution < 1.29 is 0 Å². The van der Waals surface area contributed by atoms with Gasteiger partial charge in [-0.1, -0.05) is 25.2 Å². The number of fused-ring (bicyclic) bond motifs is 1. The monoisotopic (exact) mass is 259 g/mol. The number of hydrogen-bond donors (Lipinski definition) is 1. The van der Waals surface area contributed by atoms with Gasteiger partial charge in [-0.25, -0.2) is 0 Å². The molecule has 0 saturated heterocycles. The summed E-state index contributed by atoms with van der Waals surface area (Å²) in [5, 5.41) is 13.8. The van der Waals surface area contributed by atoms with E-state index in [4.69, 9.17) is 5.73 Å². The second-order valence-electron chi connectivity index (χ2n) is 4.44. The molecule has 0 aliphatic rings. The van der Waals surface area contributed by atoms with E-state index in [1.807, 2.05) is 28.8 Å². The fourth-order valence-corrected chi connectivity index (χ4v) is 2.59. The Morgan fingerprint density at radius 2 is 1.89 bits per heavy atom. The highest BCUT2D eigenvalue weighted by molar-refractivity contribution is 7.19. The Labute approximate surface area is 108 Å². The van der Waals surface area contributed by atoms with Crippen LogP contribution in [0.15, 0.2) is 24.3 Å². The van der Waals surface area contributed by atoms with Crippen LogP contribution in [0.4, 0.5) is 5.69 Å². The molecule has 92 valence electrons. The SMILES string of the molecule is CC(C)c1nnc2sc(-c3ccc(N)cc3)nn12. The Kier molecular flexibility index (Phi) is 2.52. The molecular formula is C12H13N5S. The van der Waals surface area contributed by atoms with Crippen molar-refractivity contribution in [2.75, 3.05) is 5.73 Å². The third-order valence-electron chi connectivity index (χ3n) is 2.69. The Morgan fingerprint density at radius 1 is 1.17 bits per heavy atom. The van der Waals surface area contributed by atoms with Crippen LogP contribution in [-0.4, -0.2) is 19.8 Å². The number of anilines is 1. The van der Waals surface area contributed by atoms with Crippen LogP contribution in [0.1, 0.15) is 25.6 Å². The highest BCUT2D eigenvalue weighted by Gasteiger charge is 2.14. The Balaban J connectivity index is 2.11. The zero-order valence-corrected chi connectivity index (χ0v) is 11.0. The highest BCUT2D eigenvalue weighted by Crippen LogP contribution is 2.27. The van der Waals surface area contributed by atoms with E-state index in [1.165, 1.54) is 11.3 Å². The first-order valence-corrected chi connectivity index (χ1v) is 6.55. The standard InChI is InChI=1S/C12H13N5S/c1-7(2)10-14-15-12-17(10)16-11(18-12)8-3-5-9(13)6-4-8/h3-7H,13H2,1-2H3. The van der Waals surface area contributed by atoms with Crippen molar-refractivity contribution in [3.8, 4) is 10.6 Å². The quantitative estimate of drug-likeness (QED) is 0.718. The van der Waals surface area contributed by atoms with Gasteiger partial charge < -0.3 is 5.73 Å². The normalized spacial score (nSPS) is 11.5. The second-order valence-corrected chi connectivity index (χ2v) is 5.39. The summed E-state index contributed by atoms with van der Waals surface area (Å²) >= 11 is 1.53. The minimum Gasteiger partial charge on any atom is -0.399 e. The van der Waals surface area contributed by atoms with Crippen molar-refractivity contribution in [1.29, 1.82) is 0 Å². The van der Waals surface area contributed by atoms with Gasteiger partial charge >= 0.3 is 0 Å². The van der Waals surface area contributed by atoms with Crippen LogP contribution in [0.5, 0.6) is 0 Å². The summed E-state index contributed by atoms with van der Waals surface area (Å²) in [6.45, 7) is 4.16. The first-order valence-electron chi connectivity index (χ1n) is 5.73. The van der Waals surface area contributed by atoms with E-state index >= 15 is 0 Å². The van der Waals surface area contributed by atoms with Gasteiger partial charge in [0, 0.05) is 17.2 Å². The molecule has 0 saturated carbocycles. The number of aromatic nitrogens is 4. The molecule has 0 bridgehead atoms. The van der Waals surface area contributed by atoms with Gasteiger partial charge in [0.2, 0.25) is 4.96 Å². The van der Waals surface area contributed by atoms with Gasteiger partial charge in [0.25, 0.3) is 0 Å². The predicted molar refractivity (Wildman–Crippen MR) is 72.6 cm³/mol. The number of benzene rings is 1. The van der Waals surface area contributed by atoms with Crippen LogP contribution in [-0.2, 0) is 0 Å². The number of nitrogens with two attached hydrogens (primary N) is 1. The molecule has 18 heavy (non-hydrogen) atoms. The molecule has 3 rings (SSSR count). The fraction of sp³-hybridized carbons (Fsp3) is 0.250. The summed E-state index contributed by atoms with van der Waals surface area (Å²) < 4.78 is 1.82. The van der Waals surface area contributed by atoms with E-state index in [1.54, 1.807) is 0 Å². The highest BCUT2D eigenvalue weighted by atomic mass is 32.1. The van der Waals surface area contributed by atoms with Crippen molar-refractivity contribution in [2.24, 2.45) is 0 Å². The smallest absolute Gasteiger partial charge is 0.234 e. The van der Waals surface area contributed by atoms with E-state index in [2.05, 4.69) is 29.1 Å². The summed E-state index contributed by atoms with van der Waals surface area (Å²) in [5.74, 6) is 1.20. The van der Waals surface area contributed by atoms with Crippen molar-refractivity contribution in [1.82, 2.24) is 19.8 Å². The molecule has 0 spiro atoms. The van der Waals surface area contributed by atoms with Crippen LogP contribution in [0.3, 0.4) is 0 Å². The van der Waals surface area contributed by atoms with E-state index < -0.39 is 0 Å². The van der Waals surface area contributed by atoms with Crippen molar-refractivity contribution >= 4 is 22.0 Å². The van der Waals surface area contributed by atoms with Gasteiger partial charge in [-0.05, 0) is 24.3 Å². The Bertz CT molecular complexity index is 680. The average Bonchev–Trinajstić information content (AvgIpc) is 2.88. The van der Waals surface area contributed by atoms with Gasteiger partial charge in [-0.2, -0.15) is 9.61 Å². The molecule has 0 fully saturated rings. The number of nitrogens with zero attached hydrogens (tertiary/aromatic N) is 4. The molecule has 1 aromatic carbocycles. The lowest BCUT2D eigenvalue weighted by Crippen LogP contribution is -1.97. The lowest BCUT2D eigenvalue weighted by Gasteiger charge is -1.98. The van der Waals surface area contributed by atoms with Gasteiger partial charge in [-0.15, -0.1) is 10.2 Å². The minimum absolute atomic E-state index is 0.307.